The number of fused-ring (bicyclic) bond motifs is 1. The van der Waals surface area contributed by atoms with Gasteiger partial charge in [0.1, 0.15) is 17.3 Å². The maximum Gasteiger partial charge on any atom is 0.262 e. The number of thiophene rings is 1. The molecular weight excluding hydrogens is 299 g/mol. The van der Waals surface area contributed by atoms with E-state index in [1.165, 1.54) is 15.9 Å². The molecule has 0 atom stereocenters. The van der Waals surface area contributed by atoms with Gasteiger partial charge in [0.15, 0.2) is 0 Å². The summed E-state index contributed by atoms with van der Waals surface area (Å²) in [7, 11) is 0. The average molecular weight is 316 g/mol. The Kier molecular flexibility index (Phi) is 3.83. The zero-order valence-corrected chi connectivity index (χ0v) is 13.6. The fourth-order valence-electron chi connectivity index (χ4n) is 2.62. The van der Waals surface area contributed by atoms with Crippen LogP contribution in [0, 0.1) is 20.8 Å². The number of hydrogen-bond donors (Lipinski definition) is 0. The molecule has 0 radical (unpaired) electrons. The number of rotatable bonds is 3. The van der Waals surface area contributed by atoms with Crippen LogP contribution in [0.25, 0.3) is 21.6 Å². The first kappa shape index (κ1) is 14.9. The van der Waals surface area contributed by atoms with Gasteiger partial charge in [0.25, 0.3) is 5.56 Å². The summed E-state index contributed by atoms with van der Waals surface area (Å²) in [4.78, 5) is 19.3. The number of alkyl halides is 1. The molecule has 22 heavy (non-hydrogen) atoms. The summed E-state index contributed by atoms with van der Waals surface area (Å²) in [6, 6.07) is 7.78. The summed E-state index contributed by atoms with van der Waals surface area (Å²) in [5.74, 6) is 0.542. The van der Waals surface area contributed by atoms with Gasteiger partial charge in [0.2, 0.25) is 0 Å². The Balaban J connectivity index is 2.38. The van der Waals surface area contributed by atoms with Gasteiger partial charge in [-0.1, -0.05) is 23.8 Å². The van der Waals surface area contributed by atoms with E-state index >= 15 is 0 Å². The molecule has 114 valence electrons. The Hall–Kier alpha value is -2.01. The summed E-state index contributed by atoms with van der Waals surface area (Å²) < 4.78 is 14.4. The van der Waals surface area contributed by atoms with Crippen molar-refractivity contribution in [2.24, 2.45) is 0 Å². The standard InChI is InChI=1S/C17H17FN2OS/c1-10-5-4-6-13(9-10)15-19-16-14(11(2)12(3)22-16)17(21)20(15)8-7-18/h4-6,9H,7-8H2,1-3H3. The lowest BCUT2D eigenvalue weighted by Crippen LogP contribution is -2.24. The average Bonchev–Trinajstić information content (AvgIpc) is 2.77. The van der Waals surface area contributed by atoms with Crippen LogP contribution in [0.3, 0.4) is 0 Å². The summed E-state index contributed by atoms with van der Waals surface area (Å²) in [6.45, 7) is 5.32. The molecule has 0 unspecified atom stereocenters. The zero-order chi connectivity index (χ0) is 15.9. The summed E-state index contributed by atoms with van der Waals surface area (Å²) in [5, 5.41) is 0.618. The molecule has 0 bridgehead atoms. The molecule has 3 nitrogen and oxygen atoms in total. The van der Waals surface area contributed by atoms with Crippen LogP contribution in [0.4, 0.5) is 4.39 Å². The molecule has 0 saturated carbocycles. The maximum atomic E-state index is 13.0. The lowest BCUT2D eigenvalue weighted by atomic mass is 10.1. The van der Waals surface area contributed by atoms with Crippen molar-refractivity contribution in [3.8, 4) is 11.4 Å². The second-order valence-electron chi connectivity index (χ2n) is 5.41. The van der Waals surface area contributed by atoms with E-state index in [0.29, 0.717) is 11.2 Å². The minimum atomic E-state index is -0.589. The van der Waals surface area contributed by atoms with Crippen molar-refractivity contribution in [3.63, 3.8) is 0 Å². The highest BCUT2D eigenvalue weighted by Gasteiger charge is 2.17. The maximum absolute atomic E-state index is 13.0. The summed E-state index contributed by atoms with van der Waals surface area (Å²) >= 11 is 1.51. The van der Waals surface area contributed by atoms with Crippen LogP contribution in [-0.2, 0) is 6.54 Å². The van der Waals surface area contributed by atoms with Crippen molar-refractivity contribution in [3.05, 3.63) is 50.6 Å². The Morgan fingerprint density at radius 3 is 2.73 bits per heavy atom. The number of benzene rings is 1. The van der Waals surface area contributed by atoms with Gasteiger partial charge in [-0.2, -0.15) is 0 Å². The van der Waals surface area contributed by atoms with Gasteiger partial charge in [-0.3, -0.25) is 9.36 Å². The summed E-state index contributed by atoms with van der Waals surface area (Å²) in [6.07, 6.45) is 0. The topological polar surface area (TPSA) is 34.9 Å². The van der Waals surface area contributed by atoms with Gasteiger partial charge in [-0.05, 0) is 32.4 Å². The highest BCUT2D eigenvalue weighted by atomic mass is 32.1. The first-order chi connectivity index (χ1) is 10.5. The number of nitrogens with zero attached hydrogens (tertiary/aromatic N) is 2. The van der Waals surface area contributed by atoms with Crippen LogP contribution in [0.15, 0.2) is 29.1 Å². The van der Waals surface area contributed by atoms with E-state index in [9.17, 15) is 9.18 Å². The second-order valence-corrected chi connectivity index (χ2v) is 6.62. The molecule has 0 spiro atoms. The predicted octanol–water partition coefficient (Wildman–Crippen LogP) is 4.02. The molecule has 3 aromatic rings. The Morgan fingerprint density at radius 1 is 1.27 bits per heavy atom. The van der Waals surface area contributed by atoms with E-state index in [1.807, 2.05) is 45.0 Å². The zero-order valence-electron chi connectivity index (χ0n) is 12.8. The SMILES string of the molecule is Cc1cccc(-c2nc3sc(C)c(C)c3c(=O)n2CCF)c1. The van der Waals surface area contributed by atoms with Crippen LogP contribution in [0.5, 0.6) is 0 Å². The smallest absolute Gasteiger partial charge is 0.262 e. The molecule has 0 saturated heterocycles. The largest absolute Gasteiger partial charge is 0.289 e. The van der Waals surface area contributed by atoms with Crippen molar-refractivity contribution < 1.29 is 4.39 Å². The van der Waals surface area contributed by atoms with Crippen LogP contribution < -0.4 is 5.56 Å². The van der Waals surface area contributed by atoms with E-state index in [2.05, 4.69) is 4.98 Å². The van der Waals surface area contributed by atoms with E-state index in [-0.39, 0.29) is 12.1 Å². The first-order valence-electron chi connectivity index (χ1n) is 7.16. The molecule has 2 aromatic heterocycles. The van der Waals surface area contributed by atoms with Gasteiger partial charge >= 0.3 is 0 Å². The van der Waals surface area contributed by atoms with Crippen molar-refractivity contribution in [1.82, 2.24) is 9.55 Å². The molecule has 2 heterocycles. The van der Waals surface area contributed by atoms with Gasteiger partial charge in [-0.25, -0.2) is 9.37 Å². The van der Waals surface area contributed by atoms with Gasteiger partial charge < -0.3 is 0 Å². The van der Waals surface area contributed by atoms with E-state index in [0.717, 1.165) is 26.4 Å². The molecule has 1 aromatic carbocycles. The van der Waals surface area contributed by atoms with E-state index in [4.69, 9.17) is 0 Å². The van der Waals surface area contributed by atoms with Crippen molar-refractivity contribution in [2.75, 3.05) is 6.67 Å². The predicted molar refractivity (Wildman–Crippen MR) is 89.5 cm³/mol. The van der Waals surface area contributed by atoms with Gasteiger partial charge in [-0.15, -0.1) is 11.3 Å². The van der Waals surface area contributed by atoms with Crippen LogP contribution in [0.2, 0.25) is 0 Å². The quantitative estimate of drug-likeness (QED) is 0.731. The minimum Gasteiger partial charge on any atom is -0.289 e. The first-order valence-corrected chi connectivity index (χ1v) is 7.98. The molecule has 0 aliphatic heterocycles. The monoisotopic (exact) mass is 316 g/mol. The molecule has 0 amide bonds. The van der Waals surface area contributed by atoms with E-state index < -0.39 is 6.67 Å². The molecule has 5 heteroatoms. The Labute approximate surface area is 132 Å². The number of halogens is 1. The third kappa shape index (κ3) is 2.35. The lowest BCUT2D eigenvalue weighted by molar-refractivity contribution is 0.441. The molecule has 0 fully saturated rings. The minimum absolute atomic E-state index is 0.0272. The van der Waals surface area contributed by atoms with Gasteiger partial charge in [0, 0.05) is 10.4 Å². The lowest BCUT2D eigenvalue weighted by Gasteiger charge is -2.11. The second kappa shape index (κ2) is 5.65. The van der Waals surface area contributed by atoms with Gasteiger partial charge in [0.05, 0.1) is 11.9 Å². The van der Waals surface area contributed by atoms with Crippen molar-refractivity contribution in [1.29, 1.82) is 0 Å². The molecule has 0 aliphatic rings. The third-order valence-corrected chi connectivity index (χ3v) is 4.97. The molecule has 0 N–H and O–H groups in total. The number of aryl methyl sites for hydroxylation is 3. The fraction of sp³-hybridized carbons (Fsp3) is 0.294. The molecular formula is C17H17FN2OS. The van der Waals surface area contributed by atoms with Crippen molar-refractivity contribution in [2.45, 2.75) is 27.3 Å². The Bertz CT molecular complexity index is 911. The van der Waals surface area contributed by atoms with Crippen LogP contribution in [0.1, 0.15) is 16.0 Å². The van der Waals surface area contributed by atoms with Crippen LogP contribution in [-0.4, -0.2) is 16.2 Å². The summed E-state index contributed by atoms with van der Waals surface area (Å²) in [5.41, 5.74) is 2.72. The normalized spacial score (nSPS) is 11.3. The fourth-order valence-corrected chi connectivity index (χ4v) is 3.64. The number of aromatic nitrogens is 2. The van der Waals surface area contributed by atoms with Crippen LogP contribution >= 0.6 is 11.3 Å². The third-order valence-electron chi connectivity index (χ3n) is 3.87. The highest BCUT2D eigenvalue weighted by Crippen LogP contribution is 2.28. The molecule has 0 aliphatic carbocycles. The molecule has 3 rings (SSSR count). The highest BCUT2D eigenvalue weighted by molar-refractivity contribution is 7.18. The van der Waals surface area contributed by atoms with Crippen molar-refractivity contribution >= 4 is 21.6 Å². The Morgan fingerprint density at radius 2 is 2.05 bits per heavy atom. The number of hydrogen-bond acceptors (Lipinski definition) is 3. The van der Waals surface area contributed by atoms with E-state index in [1.54, 1.807) is 0 Å².